The molecule has 120 valence electrons. The van der Waals surface area contributed by atoms with Crippen molar-refractivity contribution in [2.75, 3.05) is 18.1 Å². The molecule has 0 aromatic carbocycles. The zero-order valence-corrected chi connectivity index (χ0v) is 13.0. The summed E-state index contributed by atoms with van der Waals surface area (Å²) < 4.78 is 18.5. The summed E-state index contributed by atoms with van der Waals surface area (Å²) in [5, 5.41) is 0.275. The summed E-state index contributed by atoms with van der Waals surface area (Å²) in [6, 6.07) is 4.28. The molecule has 5 nitrogen and oxygen atoms in total. The molecule has 0 N–H and O–H groups in total. The van der Waals surface area contributed by atoms with Crippen molar-refractivity contribution >= 4 is 23.3 Å². The van der Waals surface area contributed by atoms with Gasteiger partial charge in [-0.25, -0.2) is 9.37 Å². The van der Waals surface area contributed by atoms with Gasteiger partial charge in [-0.2, -0.15) is 0 Å². The lowest BCUT2D eigenvalue weighted by molar-refractivity contribution is 0.0770. The van der Waals surface area contributed by atoms with Crippen LogP contribution in [-0.4, -0.2) is 35.1 Å². The molecule has 0 atom stereocenters. The van der Waals surface area contributed by atoms with Gasteiger partial charge < -0.3 is 4.74 Å². The van der Waals surface area contributed by atoms with Crippen LogP contribution in [0.5, 0.6) is 0 Å². The Morgan fingerprint density at radius 1 is 1.26 bits per heavy atom. The van der Waals surface area contributed by atoms with Crippen LogP contribution in [0.15, 0.2) is 36.8 Å². The summed E-state index contributed by atoms with van der Waals surface area (Å²) in [6.07, 6.45) is 5.42. The van der Waals surface area contributed by atoms with E-state index in [1.165, 1.54) is 24.5 Å². The third-order valence-electron chi connectivity index (χ3n) is 3.74. The van der Waals surface area contributed by atoms with Crippen molar-refractivity contribution in [3.05, 3.63) is 53.2 Å². The predicted octanol–water partition coefficient (Wildman–Crippen LogP) is 3.09. The molecule has 1 aliphatic heterocycles. The molecular weight excluding hydrogens is 321 g/mol. The van der Waals surface area contributed by atoms with Gasteiger partial charge >= 0.3 is 0 Å². The van der Waals surface area contributed by atoms with Crippen LogP contribution in [-0.2, 0) is 4.74 Å². The van der Waals surface area contributed by atoms with Gasteiger partial charge in [0.05, 0.1) is 16.8 Å². The van der Waals surface area contributed by atoms with E-state index < -0.39 is 5.82 Å². The maximum atomic E-state index is 13.2. The van der Waals surface area contributed by atoms with Crippen LogP contribution in [0.3, 0.4) is 0 Å². The molecule has 0 spiro atoms. The van der Waals surface area contributed by atoms with Crippen LogP contribution >= 0.6 is 11.6 Å². The smallest absolute Gasteiger partial charge is 0.261 e. The average molecular weight is 336 g/mol. The number of nitrogens with zero attached hydrogens (tertiary/aromatic N) is 3. The van der Waals surface area contributed by atoms with E-state index >= 15 is 0 Å². The van der Waals surface area contributed by atoms with Crippen LogP contribution in [0.25, 0.3) is 0 Å². The highest BCUT2D eigenvalue weighted by Crippen LogP contribution is 2.26. The number of carbonyl (C=O) groups excluding carboxylic acids is 1. The van der Waals surface area contributed by atoms with Crippen molar-refractivity contribution in [1.29, 1.82) is 0 Å². The van der Waals surface area contributed by atoms with E-state index in [0.29, 0.717) is 37.4 Å². The second kappa shape index (κ2) is 7.02. The fraction of sp³-hybridized carbons (Fsp3) is 0.312. The number of halogens is 2. The van der Waals surface area contributed by atoms with E-state index in [0.717, 1.165) is 6.20 Å². The van der Waals surface area contributed by atoms with E-state index in [2.05, 4.69) is 9.97 Å². The second-order valence-electron chi connectivity index (χ2n) is 5.21. The van der Waals surface area contributed by atoms with Crippen molar-refractivity contribution in [1.82, 2.24) is 9.97 Å². The van der Waals surface area contributed by atoms with Crippen molar-refractivity contribution in [3.8, 4) is 0 Å². The van der Waals surface area contributed by atoms with Crippen LogP contribution in [0.4, 0.5) is 10.2 Å². The number of ether oxygens (including phenoxy) is 1. The number of amides is 1. The van der Waals surface area contributed by atoms with E-state index in [1.54, 1.807) is 11.0 Å². The summed E-state index contributed by atoms with van der Waals surface area (Å²) in [5.74, 6) is -0.324. The summed E-state index contributed by atoms with van der Waals surface area (Å²) in [6.45, 7) is 1.14. The van der Waals surface area contributed by atoms with Crippen LogP contribution < -0.4 is 4.90 Å². The molecular formula is C16H15ClFN3O2. The first-order valence-electron chi connectivity index (χ1n) is 7.29. The predicted molar refractivity (Wildman–Crippen MR) is 84.1 cm³/mol. The molecule has 2 aromatic heterocycles. The molecule has 3 heterocycles. The quantitative estimate of drug-likeness (QED) is 0.865. The Morgan fingerprint density at radius 2 is 2.04 bits per heavy atom. The topological polar surface area (TPSA) is 55.3 Å². The highest BCUT2D eigenvalue weighted by atomic mass is 35.5. The number of rotatable bonds is 3. The van der Waals surface area contributed by atoms with Crippen molar-refractivity contribution in [3.63, 3.8) is 0 Å². The number of carbonyl (C=O) groups is 1. The van der Waals surface area contributed by atoms with Crippen LogP contribution in [0, 0.1) is 5.82 Å². The molecule has 0 bridgehead atoms. The Labute approximate surface area is 138 Å². The number of hydrogen-bond donors (Lipinski definition) is 0. The monoisotopic (exact) mass is 335 g/mol. The maximum absolute atomic E-state index is 13.2. The standard InChI is InChI=1S/C16H15ClFN3O2/c17-14-10-19-6-3-13(14)16(22)21(12-4-7-23-8-5-12)15-2-1-11(18)9-20-15/h1-3,6,9-10,12H,4-5,7-8H2. The van der Waals surface area contributed by atoms with E-state index in [1.807, 2.05) is 0 Å². The Hall–Kier alpha value is -2.05. The minimum absolute atomic E-state index is 0.0709. The Balaban J connectivity index is 1.99. The molecule has 2 aromatic rings. The zero-order chi connectivity index (χ0) is 16.2. The zero-order valence-electron chi connectivity index (χ0n) is 12.3. The number of pyridine rings is 2. The van der Waals surface area contributed by atoms with E-state index in [9.17, 15) is 9.18 Å². The average Bonchev–Trinajstić information content (AvgIpc) is 2.58. The Bertz CT molecular complexity index is 690. The lowest BCUT2D eigenvalue weighted by Crippen LogP contribution is -2.44. The van der Waals surface area contributed by atoms with Crippen LogP contribution in [0.2, 0.25) is 5.02 Å². The highest BCUT2D eigenvalue weighted by molar-refractivity contribution is 6.34. The van der Waals surface area contributed by atoms with Crippen molar-refractivity contribution in [2.45, 2.75) is 18.9 Å². The first kappa shape index (κ1) is 15.8. The van der Waals surface area contributed by atoms with Gasteiger partial charge in [-0.3, -0.25) is 14.7 Å². The SMILES string of the molecule is O=C(c1ccncc1Cl)N(c1ccc(F)cn1)C1CCOCC1. The van der Waals surface area contributed by atoms with E-state index in [-0.39, 0.29) is 17.0 Å². The lowest BCUT2D eigenvalue weighted by atomic mass is 10.1. The van der Waals surface area contributed by atoms with Gasteiger partial charge in [0.1, 0.15) is 11.6 Å². The van der Waals surface area contributed by atoms with Gasteiger partial charge in [0.2, 0.25) is 0 Å². The fourth-order valence-corrected chi connectivity index (χ4v) is 2.79. The third-order valence-corrected chi connectivity index (χ3v) is 4.04. The summed E-state index contributed by atoms with van der Waals surface area (Å²) in [7, 11) is 0. The number of hydrogen-bond acceptors (Lipinski definition) is 4. The fourth-order valence-electron chi connectivity index (χ4n) is 2.59. The molecule has 0 saturated carbocycles. The number of anilines is 1. The second-order valence-corrected chi connectivity index (χ2v) is 5.62. The van der Waals surface area contributed by atoms with Crippen molar-refractivity contribution < 1.29 is 13.9 Å². The summed E-state index contributed by atoms with van der Waals surface area (Å²) in [5.41, 5.74) is 0.347. The first-order chi connectivity index (χ1) is 11.2. The van der Waals surface area contributed by atoms with Gasteiger partial charge in [-0.15, -0.1) is 0 Å². The van der Waals surface area contributed by atoms with Gasteiger partial charge in [-0.1, -0.05) is 11.6 Å². The lowest BCUT2D eigenvalue weighted by Gasteiger charge is -2.33. The molecule has 23 heavy (non-hydrogen) atoms. The van der Waals surface area contributed by atoms with Gasteiger partial charge in [-0.05, 0) is 31.0 Å². The number of aromatic nitrogens is 2. The minimum Gasteiger partial charge on any atom is -0.381 e. The molecule has 0 aliphatic carbocycles. The van der Waals surface area contributed by atoms with Gasteiger partial charge in [0, 0.05) is 31.6 Å². The normalized spacial score (nSPS) is 15.4. The minimum atomic E-state index is -0.449. The Kier molecular flexibility index (Phi) is 4.83. The van der Waals surface area contributed by atoms with Crippen LogP contribution in [0.1, 0.15) is 23.2 Å². The molecule has 1 amide bonds. The van der Waals surface area contributed by atoms with E-state index in [4.69, 9.17) is 16.3 Å². The summed E-state index contributed by atoms with van der Waals surface area (Å²) in [4.78, 5) is 22.5. The molecule has 1 saturated heterocycles. The summed E-state index contributed by atoms with van der Waals surface area (Å²) >= 11 is 6.10. The van der Waals surface area contributed by atoms with Crippen molar-refractivity contribution in [2.24, 2.45) is 0 Å². The first-order valence-corrected chi connectivity index (χ1v) is 7.67. The largest absolute Gasteiger partial charge is 0.381 e. The molecule has 1 fully saturated rings. The molecule has 7 heteroatoms. The molecule has 3 rings (SSSR count). The molecule has 0 unspecified atom stereocenters. The van der Waals surface area contributed by atoms with Gasteiger partial charge in [0.15, 0.2) is 0 Å². The Morgan fingerprint density at radius 3 is 2.70 bits per heavy atom. The third kappa shape index (κ3) is 3.48. The molecule has 1 aliphatic rings. The van der Waals surface area contributed by atoms with Gasteiger partial charge in [0.25, 0.3) is 5.91 Å². The maximum Gasteiger partial charge on any atom is 0.261 e. The highest BCUT2D eigenvalue weighted by Gasteiger charge is 2.30. The molecule has 0 radical (unpaired) electrons.